The highest BCUT2D eigenvalue weighted by molar-refractivity contribution is 5.90. The van der Waals surface area contributed by atoms with Gasteiger partial charge in [0, 0.05) is 20.1 Å². The Kier molecular flexibility index (Phi) is 7.03. The van der Waals surface area contributed by atoms with E-state index in [0.717, 1.165) is 24.2 Å². The molecule has 0 radical (unpaired) electrons. The second-order valence-corrected chi connectivity index (χ2v) is 7.32. The summed E-state index contributed by atoms with van der Waals surface area (Å²) in [5.74, 6) is 0.770. The zero-order valence-corrected chi connectivity index (χ0v) is 16.3. The van der Waals surface area contributed by atoms with Crippen molar-refractivity contribution >= 4 is 11.8 Å². The molecular formula is C20H31N3O3. The Morgan fingerprint density at radius 1 is 1.31 bits per heavy atom. The molecule has 6 nitrogen and oxygen atoms in total. The number of ether oxygens (including phenoxy) is 1. The van der Waals surface area contributed by atoms with Crippen LogP contribution in [0.2, 0.25) is 0 Å². The average molecular weight is 361 g/mol. The number of nitrogens with two attached hydrogens (primary N) is 1. The minimum absolute atomic E-state index is 0.000294. The molecule has 0 aliphatic carbocycles. The number of amides is 2. The summed E-state index contributed by atoms with van der Waals surface area (Å²) in [7, 11) is 3.44. The van der Waals surface area contributed by atoms with E-state index in [4.69, 9.17) is 10.5 Å². The van der Waals surface area contributed by atoms with Gasteiger partial charge in [0.1, 0.15) is 11.8 Å². The van der Waals surface area contributed by atoms with Gasteiger partial charge in [0.15, 0.2) is 0 Å². The highest BCUT2D eigenvalue weighted by atomic mass is 16.5. The first kappa shape index (κ1) is 20.2. The van der Waals surface area contributed by atoms with Gasteiger partial charge in [0.05, 0.1) is 13.2 Å². The summed E-state index contributed by atoms with van der Waals surface area (Å²) >= 11 is 0. The van der Waals surface area contributed by atoms with Crippen molar-refractivity contribution in [3.8, 4) is 5.75 Å². The molecule has 1 saturated heterocycles. The maximum atomic E-state index is 12.8. The summed E-state index contributed by atoms with van der Waals surface area (Å²) in [6, 6.07) is 6.92. The molecule has 2 amide bonds. The van der Waals surface area contributed by atoms with E-state index in [9.17, 15) is 9.59 Å². The van der Waals surface area contributed by atoms with Gasteiger partial charge in [-0.3, -0.25) is 9.59 Å². The second-order valence-electron chi connectivity index (χ2n) is 7.32. The monoisotopic (exact) mass is 361 g/mol. The average Bonchev–Trinajstić information content (AvgIpc) is 3.14. The zero-order valence-electron chi connectivity index (χ0n) is 16.3. The van der Waals surface area contributed by atoms with E-state index in [1.54, 1.807) is 24.0 Å². The van der Waals surface area contributed by atoms with Gasteiger partial charge >= 0.3 is 0 Å². The summed E-state index contributed by atoms with van der Waals surface area (Å²) < 4.78 is 5.16. The standard InChI is InChI=1S/C20H31N3O3/c1-14(2)18(21)20(25)23-12-5-6-17(23)19(24)22(3)13-11-15-7-9-16(26-4)10-8-15/h7-10,14,17-18H,5-6,11-13,21H2,1-4H3/t17-,18?/m0/s1. The van der Waals surface area contributed by atoms with Crippen LogP contribution < -0.4 is 10.5 Å². The lowest BCUT2D eigenvalue weighted by Gasteiger charge is -2.30. The fourth-order valence-corrected chi connectivity index (χ4v) is 3.22. The summed E-state index contributed by atoms with van der Waals surface area (Å²) in [6.07, 6.45) is 2.32. The number of rotatable bonds is 7. The number of methoxy groups -OCH3 is 1. The molecule has 2 atom stereocenters. The van der Waals surface area contributed by atoms with Crippen LogP contribution in [-0.2, 0) is 16.0 Å². The molecule has 26 heavy (non-hydrogen) atoms. The number of nitrogens with zero attached hydrogens (tertiary/aromatic N) is 2. The van der Waals surface area contributed by atoms with Crippen LogP contribution in [0.25, 0.3) is 0 Å². The molecule has 0 saturated carbocycles. The summed E-state index contributed by atoms with van der Waals surface area (Å²) in [6.45, 7) is 5.08. The predicted octanol–water partition coefficient (Wildman–Crippen LogP) is 1.67. The summed E-state index contributed by atoms with van der Waals surface area (Å²) in [5, 5.41) is 0. The molecule has 0 bridgehead atoms. The quantitative estimate of drug-likeness (QED) is 0.802. The van der Waals surface area contributed by atoms with Crippen molar-refractivity contribution in [3.05, 3.63) is 29.8 Å². The lowest BCUT2D eigenvalue weighted by molar-refractivity contribution is -0.144. The molecule has 6 heteroatoms. The van der Waals surface area contributed by atoms with Gasteiger partial charge in [0.2, 0.25) is 11.8 Å². The molecule has 0 aromatic heterocycles. The minimum Gasteiger partial charge on any atom is -0.497 e. The van der Waals surface area contributed by atoms with Crippen molar-refractivity contribution in [1.82, 2.24) is 9.80 Å². The highest BCUT2D eigenvalue weighted by Gasteiger charge is 2.37. The fraction of sp³-hybridized carbons (Fsp3) is 0.600. The van der Waals surface area contributed by atoms with Gasteiger partial charge < -0.3 is 20.3 Å². The molecule has 1 aromatic rings. The number of carbonyl (C=O) groups is 2. The van der Waals surface area contributed by atoms with Crippen LogP contribution in [0.5, 0.6) is 5.75 Å². The van der Waals surface area contributed by atoms with Crippen LogP contribution in [0.15, 0.2) is 24.3 Å². The van der Waals surface area contributed by atoms with Crippen molar-refractivity contribution in [1.29, 1.82) is 0 Å². The smallest absolute Gasteiger partial charge is 0.245 e. The molecule has 1 unspecified atom stereocenters. The van der Waals surface area contributed by atoms with Crippen molar-refractivity contribution in [2.75, 3.05) is 27.2 Å². The predicted molar refractivity (Wildman–Crippen MR) is 102 cm³/mol. The van der Waals surface area contributed by atoms with E-state index in [1.807, 2.05) is 38.1 Å². The number of likely N-dealkylation sites (N-methyl/N-ethyl adjacent to an activating group) is 1. The lowest BCUT2D eigenvalue weighted by Crippen LogP contribution is -2.53. The van der Waals surface area contributed by atoms with Crippen molar-refractivity contribution in [2.45, 2.75) is 45.2 Å². The Balaban J connectivity index is 1.94. The Labute approximate surface area is 156 Å². The van der Waals surface area contributed by atoms with Gasteiger partial charge in [-0.2, -0.15) is 0 Å². The Bertz CT molecular complexity index is 615. The maximum Gasteiger partial charge on any atom is 0.245 e. The molecule has 1 aliphatic heterocycles. The SMILES string of the molecule is COc1ccc(CCN(C)C(=O)[C@@H]2CCCN2C(=O)C(N)C(C)C)cc1. The molecule has 1 heterocycles. The molecule has 1 fully saturated rings. The van der Waals surface area contributed by atoms with Gasteiger partial charge in [-0.1, -0.05) is 26.0 Å². The third-order valence-electron chi connectivity index (χ3n) is 5.10. The number of benzene rings is 1. The molecule has 0 spiro atoms. The van der Waals surface area contributed by atoms with Crippen molar-refractivity contribution in [3.63, 3.8) is 0 Å². The number of likely N-dealkylation sites (tertiary alicyclic amines) is 1. The van der Waals surface area contributed by atoms with Gasteiger partial charge in [-0.05, 0) is 42.9 Å². The summed E-state index contributed by atoms with van der Waals surface area (Å²) in [4.78, 5) is 28.8. The summed E-state index contributed by atoms with van der Waals surface area (Å²) in [5.41, 5.74) is 7.16. The minimum atomic E-state index is -0.548. The van der Waals surface area contributed by atoms with Crippen LogP contribution in [-0.4, -0.2) is 60.9 Å². The van der Waals surface area contributed by atoms with Crippen molar-refractivity contribution < 1.29 is 14.3 Å². The van der Waals surface area contributed by atoms with E-state index >= 15 is 0 Å². The fourth-order valence-electron chi connectivity index (χ4n) is 3.22. The maximum absolute atomic E-state index is 12.8. The number of hydrogen-bond donors (Lipinski definition) is 1. The zero-order chi connectivity index (χ0) is 19.3. The van der Waals surface area contributed by atoms with E-state index in [-0.39, 0.29) is 23.8 Å². The number of carbonyl (C=O) groups excluding carboxylic acids is 2. The van der Waals surface area contributed by atoms with Crippen molar-refractivity contribution in [2.24, 2.45) is 11.7 Å². The first-order valence-corrected chi connectivity index (χ1v) is 9.29. The first-order chi connectivity index (χ1) is 12.3. The molecule has 2 rings (SSSR count). The molecule has 2 N–H and O–H groups in total. The van der Waals surface area contributed by atoms with E-state index in [0.29, 0.717) is 19.5 Å². The van der Waals surface area contributed by atoms with E-state index in [2.05, 4.69) is 0 Å². The number of hydrogen-bond acceptors (Lipinski definition) is 4. The van der Waals surface area contributed by atoms with Gasteiger partial charge in [0.25, 0.3) is 0 Å². The molecule has 144 valence electrons. The Morgan fingerprint density at radius 2 is 1.96 bits per heavy atom. The Hall–Kier alpha value is -2.08. The lowest BCUT2D eigenvalue weighted by atomic mass is 10.0. The topological polar surface area (TPSA) is 75.9 Å². The van der Waals surface area contributed by atoms with Crippen LogP contribution in [0, 0.1) is 5.92 Å². The largest absolute Gasteiger partial charge is 0.497 e. The Morgan fingerprint density at radius 3 is 2.54 bits per heavy atom. The van der Waals surface area contributed by atoms with E-state index in [1.165, 1.54) is 0 Å². The molecular weight excluding hydrogens is 330 g/mol. The van der Waals surface area contributed by atoms with Crippen LogP contribution >= 0.6 is 0 Å². The highest BCUT2D eigenvalue weighted by Crippen LogP contribution is 2.21. The van der Waals surface area contributed by atoms with Gasteiger partial charge in [-0.25, -0.2) is 0 Å². The normalized spacial score (nSPS) is 18.1. The first-order valence-electron chi connectivity index (χ1n) is 9.29. The van der Waals surface area contributed by atoms with Crippen LogP contribution in [0.3, 0.4) is 0 Å². The van der Waals surface area contributed by atoms with E-state index < -0.39 is 6.04 Å². The second kappa shape index (κ2) is 9.03. The third kappa shape index (κ3) is 4.75. The van der Waals surface area contributed by atoms with Crippen LogP contribution in [0.1, 0.15) is 32.3 Å². The third-order valence-corrected chi connectivity index (χ3v) is 5.10. The molecule has 1 aliphatic rings. The molecule has 1 aromatic carbocycles. The van der Waals surface area contributed by atoms with Crippen LogP contribution in [0.4, 0.5) is 0 Å². The van der Waals surface area contributed by atoms with Gasteiger partial charge in [-0.15, -0.1) is 0 Å².